The van der Waals surface area contributed by atoms with Crippen molar-refractivity contribution in [3.63, 3.8) is 0 Å². The number of hydrogen-bond donors (Lipinski definition) is 2. The van der Waals surface area contributed by atoms with Crippen LogP contribution >= 0.6 is 15.9 Å². The third-order valence-corrected chi connectivity index (χ3v) is 3.95. The van der Waals surface area contributed by atoms with E-state index in [2.05, 4.69) is 26.5 Å². The number of methoxy groups -OCH3 is 2. The Morgan fingerprint density at radius 3 is 2.44 bits per heavy atom. The molecule has 0 radical (unpaired) electrons. The third kappa shape index (κ3) is 5.71. The average molecular weight is 437 g/mol. The molecular formula is C18H17BrN2O6. The van der Waals surface area contributed by atoms with Crippen molar-refractivity contribution in [1.82, 2.24) is 5.43 Å². The molecule has 0 aliphatic rings. The summed E-state index contributed by atoms with van der Waals surface area (Å²) >= 11 is 3.29. The van der Waals surface area contributed by atoms with Crippen LogP contribution in [0, 0.1) is 0 Å². The van der Waals surface area contributed by atoms with Gasteiger partial charge in [0.05, 0.1) is 24.9 Å². The van der Waals surface area contributed by atoms with Crippen molar-refractivity contribution in [3.05, 3.63) is 52.0 Å². The molecule has 2 aromatic carbocycles. The van der Waals surface area contributed by atoms with Gasteiger partial charge in [0.1, 0.15) is 5.75 Å². The first kappa shape index (κ1) is 20.2. The summed E-state index contributed by atoms with van der Waals surface area (Å²) in [6.45, 7) is -0.437. The van der Waals surface area contributed by atoms with Crippen LogP contribution in [0.1, 0.15) is 15.9 Å². The van der Waals surface area contributed by atoms with E-state index in [0.29, 0.717) is 32.8 Å². The number of halogens is 1. The summed E-state index contributed by atoms with van der Waals surface area (Å²) in [7, 11) is 3.00. The lowest BCUT2D eigenvalue weighted by atomic mass is 10.2. The molecular weight excluding hydrogens is 420 g/mol. The topological polar surface area (TPSA) is 106 Å². The van der Waals surface area contributed by atoms with Gasteiger partial charge in [0, 0.05) is 5.56 Å². The number of nitrogens with zero attached hydrogens (tertiary/aromatic N) is 1. The Bertz CT molecular complexity index is 869. The SMILES string of the molecule is COc1ccc(C(=O)N/N=C/c2ccc(OCC(=O)O)c(Br)c2)cc1OC. The lowest BCUT2D eigenvalue weighted by molar-refractivity contribution is -0.139. The molecule has 2 N–H and O–H groups in total. The molecule has 0 saturated heterocycles. The van der Waals surface area contributed by atoms with E-state index < -0.39 is 18.5 Å². The van der Waals surface area contributed by atoms with E-state index in [1.54, 1.807) is 36.4 Å². The number of nitrogens with one attached hydrogen (secondary N) is 1. The number of hydrazone groups is 1. The zero-order chi connectivity index (χ0) is 19.8. The molecule has 0 aliphatic heterocycles. The first-order valence-electron chi connectivity index (χ1n) is 7.64. The van der Waals surface area contributed by atoms with Gasteiger partial charge in [-0.3, -0.25) is 4.79 Å². The Hall–Kier alpha value is -3.07. The summed E-state index contributed by atoms with van der Waals surface area (Å²) in [5, 5.41) is 12.5. The summed E-state index contributed by atoms with van der Waals surface area (Å²) < 4.78 is 16.0. The lowest BCUT2D eigenvalue weighted by Crippen LogP contribution is -2.17. The van der Waals surface area contributed by atoms with Crippen LogP contribution in [0.15, 0.2) is 46.0 Å². The molecule has 2 aromatic rings. The molecule has 1 amide bonds. The number of benzene rings is 2. The molecule has 142 valence electrons. The van der Waals surface area contributed by atoms with E-state index in [-0.39, 0.29) is 0 Å². The second-order valence-electron chi connectivity index (χ2n) is 5.14. The summed E-state index contributed by atoms with van der Waals surface area (Å²) in [4.78, 5) is 22.7. The number of ether oxygens (including phenoxy) is 3. The fourth-order valence-corrected chi connectivity index (χ4v) is 2.57. The molecule has 0 unspecified atom stereocenters. The van der Waals surface area contributed by atoms with Gasteiger partial charge in [-0.15, -0.1) is 0 Å². The number of carbonyl (C=O) groups is 2. The molecule has 27 heavy (non-hydrogen) atoms. The van der Waals surface area contributed by atoms with Crippen molar-refractivity contribution in [2.45, 2.75) is 0 Å². The minimum absolute atomic E-state index is 0.364. The highest BCUT2D eigenvalue weighted by Crippen LogP contribution is 2.27. The monoisotopic (exact) mass is 436 g/mol. The van der Waals surface area contributed by atoms with Gasteiger partial charge in [-0.25, -0.2) is 10.2 Å². The molecule has 0 atom stereocenters. The van der Waals surface area contributed by atoms with Crippen molar-refractivity contribution < 1.29 is 28.9 Å². The van der Waals surface area contributed by atoms with Gasteiger partial charge >= 0.3 is 5.97 Å². The van der Waals surface area contributed by atoms with Crippen molar-refractivity contribution >= 4 is 34.0 Å². The number of carboxylic acids is 1. The highest BCUT2D eigenvalue weighted by Gasteiger charge is 2.10. The van der Waals surface area contributed by atoms with Crippen LogP contribution in [0.5, 0.6) is 17.2 Å². The van der Waals surface area contributed by atoms with Crippen LogP contribution in [0.4, 0.5) is 0 Å². The number of hydrogen-bond acceptors (Lipinski definition) is 6. The maximum atomic E-state index is 12.2. The Labute approximate surface area is 163 Å². The standard InChI is InChI=1S/C18H17BrN2O6/c1-25-15-6-4-12(8-16(15)26-2)18(24)21-20-9-11-3-5-14(13(19)7-11)27-10-17(22)23/h3-9H,10H2,1-2H3,(H,21,24)(H,22,23)/b20-9+. The van der Waals surface area contributed by atoms with Gasteiger partial charge in [0.2, 0.25) is 0 Å². The molecule has 0 fully saturated rings. The highest BCUT2D eigenvalue weighted by molar-refractivity contribution is 9.10. The zero-order valence-electron chi connectivity index (χ0n) is 14.6. The van der Waals surface area contributed by atoms with E-state index in [4.69, 9.17) is 19.3 Å². The molecule has 8 nitrogen and oxygen atoms in total. The second kappa shape index (κ2) is 9.58. The molecule has 0 saturated carbocycles. The van der Waals surface area contributed by atoms with E-state index in [1.165, 1.54) is 20.4 Å². The van der Waals surface area contributed by atoms with Crippen LogP contribution in [0.25, 0.3) is 0 Å². The number of aliphatic carboxylic acids is 1. The summed E-state index contributed by atoms with van der Waals surface area (Å²) in [6, 6.07) is 9.73. The van der Waals surface area contributed by atoms with Crippen molar-refractivity contribution in [2.75, 3.05) is 20.8 Å². The predicted molar refractivity (Wildman–Crippen MR) is 102 cm³/mol. The molecule has 0 aliphatic carbocycles. The first-order chi connectivity index (χ1) is 12.9. The van der Waals surface area contributed by atoms with Gasteiger partial charge in [0.15, 0.2) is 18.1 Å². The second-order valence-corrected chi connectivity index (χ2v) is 6.00. The minimum Gasteiger partial charge on any atom is -0.493 e. The smallest absolute Gasteiger partial charge is 0.341 e. The average Bonchev–Trinajstić information content (AvgIpc) is 2.66. The van der Waals surface area contributed by atoms with E-state index in [1.807, 2.05) is 0 Å². The van der Waals surface area contributed by atoms with Gasteiger partial charge in [-0.1, -0.05) is 0 Å². The summed E-state index contributed by atoms with van der Waals surface area (Å²) in [5.74, 6) is -0.121. The maximum absolute atomic E-state index is 12.2. The fourth-order valence-electron chi connectivity index (χ4n) is 2.06. The first-order valence-corrected chi connectivity index (χ1v) is 8.43. The van der Waals surface area contributed by atoms with Gasteiger partial charge < -0.3 is 19.3 Å². The van der Waals surface area contributed by atoms with Crippen LogP contribution in [-0.2, 0) is 4.79 Å². The van der Waals surface area contributed by atoms with Crippen molar-refractivity contribution in [2.24, 2.45) is 5.10 Å². The summed E-state index contributed by atoms with van der Waals surface area (Å²) in [6.07, 6.45) is 1.45. The van der Waals surface area contributed by atoms with Crippen LogP contribution in [0.3, 0.4) is 0 Å². The third-order valence-electron chi connectivity index (χ3n) is 3.33. The minimum atomic E-state index is -1.06. The highest BCUT2D eigenvalue weighted by atomic mass is 79.9. The van der Waals surface area contributed by atoms with Crippen LogP contribution < -0.4 is 19.6 Å². The molecule has 0 heterocycles. The van der Waals surface area contributed by atoms with Gasteiger partial charge in [0.25, 0.3) is 5.91 Å². The van der Waals surface area contributed by atoms with Crippen LogP contribution in [0.2, 0.25) is 0 Å². The van der Waals surface area contributed by atoms with E-state index >= 15 is 0 Å². The van der Waals surface area contributed by atoms with Crippen molar-refractivity contribution in [1.29, 1.82) is 0 Å². The fraction of sp³-hybridized carbons (Fsp3) is 0.167. The van der Waals surface area contributed by atoms with E-state index in [0.717, 1.165) is 0 Å². The molecule has 0 aromatic heterocycles. The van der Waals surface area contributed by atoms with Crippen molar-refractivity contribution in [3.8, 4) is 17.2 Å². The maximum Gasteiger partial charge on any atom is 0.341 e. The van der Waals surface area contributed by atoms with E-state index in [9.17, 15) is 9.59 Å². The van der Waals surface area contributed by atoms with Crippen LogP contribution in [-0.4, -0.2) is 44.0 Å². The summed E-state index contributed by atoms with van der Waals surface area (Å²) in [5.41, 5.74) is 3.46. The quantitative estimate of drug-likeness (QED) is 0.486. The Morgan fingerprint density at radius 1 is 1.11 bits per heavy atom. The Morgan fingerprint density at radius 2 is 1.81 bits per heavy atom. The van der Waals surface area contributed by atoms with Gasteiger partial charge in [-0.05, 0) is 57.9 Å². The molecule has 2 rings (SSSR count). The van der Waals surface area contributed by atoms with Gasteiger partial charge in [-0.2, -0.15) is 5.10 Å². The molecule has 0 spiro atoms. The number of carboxylic acid groups (broad SMARTS) is 1. The molecule has 9 heteroatoms. The normalized spacial score (nSPS) is 10.5. The predicted octanol–water partition coefficient (Wildman–Crippen LogP) is 2.69. The Balaban J connectivity index is 2.01. The largest absolute Gasteiger partial charge is 0.493 e. The lowest BCUT2D eigenvalue weighted by Gasteiger charge is -2.08. The number of rotatable bonds is 8. The number of carbonyl (C=O) groups excluding carboxylic acids is 1. The zero-order valence-corrected chi connectivity index (χ0v) is 16.1. The number of amides is 1. The Kier molecular flexibility index (Phi) is 7.18. The molecule has 0 bridgehead atoms.